The number of thiocarbonyl (C=S) groups is 1. The van der Waals surface area contributed by atoms with Gasteiger partial charge in [-0.15, -0.1) is 0 Å². The minimum atomic E-state index is -1.32. The molecule has 2 nitrogen and oxygen atoms in total. The lowest BCUT2D eigenvalue weighted by Gasteiger charge is -2.17. The van der Waals surface area contributed by atoms with Gasteiger partial charge >= 0.3 is 0 Å². The normalized spacial score (nSPS) is 28.8. The van der Waals surface area contributed by atoms with E-state index in [1.165, 1.54) is 11.8 Å². The van der Waals surface area contributed by atoms with Crippen LogP contribution in [0, 0.1) is 0 Å². The summed E-state index contributed by atoms with van der Waals surface area (Å²) in [6, 6.07) is 0. The topological polar surface area (TPSA) is 18.5 Å². The van der Waals surface area contributed by atoms with Crippen LogP contribution in [0.4, 0.5) is 4.39 Å². The van der Waals surface area contributed by atoms with E-state index in [9.17, 15) is 4.39 Å². The minimum absolute atomic E-state index is 0.0205. The summed E-state index contributed by atoms with van der Waals surface area (Å²) in [7, 11) is 0. The lowest BCUT2D eigenvalue weighted by atomic mass is 10.1. The van der Waals surface area contributed by atoms with E-state index in [0.29, 0.717) is 17.4 Å². The number of rotatable bonds is 2. The molecule has 1 aliphatic rings. The molecule has 0 aromatic heterocycles. The smallest absolute Gasteiger partial charge is 0.219 e. The molecule has 0 aromatic carbocycles. The van der Waals surface area contributed by atoms with Gasteiger partial charge in [0.15, 0.2) is 5.67 Å². The summed E-state index contributed by atoms with van der Waals surface area (Å²) in [5.41, 5.74) is -1.32. The molecule has 0 aliphatic carbocycles. The van der Waals surface area contributed by atoms with Crippen molar-refractivity contribution in [2.45, 2.75) is 12.1 Å². The van der Waals surface area contributed by atoms with Crippen LogP contribution >= 0.6 is 24.0 Å². The van der Waals surface area contributed by atoms with Gasteiger partial charge in [-0.05, 0) is 18.5 Å². The van der Waals surface area contributed by atoms with Crippen LogP contribution in [0.25, 0.3) is 0 Å². The Morgan fingerprint density at radius 2 is 2.58 bits per heavy atom. The third-order valence-electron chi connectivity index (χ3n) is 1.67. The Morgan fingerprint density at radius 3 is 3.08 bits per heavy atom. The van der Waals surface area contributed by atoms with E-state index in [1.807, 2.05) is 0 Å². The maximum atomic E-state index is 13.5. The molecule has 0 saturated carbocycles. The van der Waals surface area contributed by atoms with Gasteiger partial charge in [0.2, 0.25) is 4.38 Å². The molecule has 1 heterocycles. The van der Waals surface area contributed by atoms with Crippen molar-refractivity contribution in [3.05, 3.63) is 0 Å². The fourth-order valence-corrected chi connectivity index (χ4v) is 1.18. The van der Waals surface area contributed by atoms with E-state index in [4.69, 9.17) is 21.7 Å². The molecule has 0 spiro atoms. The second-order valence-electron chi connectivity index (χ2n) is 2.70. The Hall–Kier alpha value is 0.130. The van der Waals surface area contributed by atoms with Crippen molar-refractivity contribution >= 4 is 28.4 Å². The predicted octanol–water partition coefficient (Wildman–Crippen LogP) is 1.78. The zero-order chi connectivity index (χ0) is 9.03. The third kappa shape index (κ3) is 2.88. The van der Waals surface area contributed by atoms with E-state index in [0.717, 1.165) is 0 Å². The van der Waals surface area contributed by atoms with Crippen molar-refractivity contribution < 1.29 is 13.9 Å². The average Bonchev–Trinajstić information content (AvgIpc) is 2.49. The summed E-state index contributed by atoms with van der Waals surface area (Å²) in [4.78, 5) is 0. The molecule has 1 atom stereocenters. The van der Waals surface area contributed by atoms with Gasteiger partial charge in [0.05, 0.1) is 6.61 Å². The van der Waals surface area contributed by atoms with Gasteiger partial charge in [-0.25, -0.2) is 4.39 Å². The average molecular weight is 210 g/mol. The van der Waals surface area contributed by atoms with Crippen molar-refractivity contribution in [2.24, 2.45) is 0 Å². The third-order valence-corrected chi connectivity index (χ3v) is 2.74. The van der Waals surface area contributed by atoms with Crippen molar-refractivity contribution in [1.82, 2.24) is 0 Å². The summed E-state index contributed by atoms with van der Waals surface area (Å²) in [6.07, 6.45) is 2.21. The second-order valence-corrected chi connectivity index (χ2v) is 4.10. The lowest BCUT2D eigenvalue weighted by Crippen LogP contribution is -2.30. The Balaban J connectivity index is 2.25. The van der Waals surface area contributed by atoms with Crippen molar-refractivity contribution in [2.75, 3.05) is 26.1 Å². The SMILES string of the molecule is CSC(=S)OCC1(F)CCOC1. The number of hydrogen-bond acceptors (Lipinski definition) is 4. The van der Waals surface area contributed by atoms with Gasteiger partial charge in [-0.3, -0.25) is 0 Å². The van der Waals surface area contributed by atoms with Crippen molar-refractivity contribution in [1.29, 1.82) is 0 Å². The number of alkyl halides is 1. The first-order valence-corrected chi connectivity index (χ1v) is 5.27. The highest BCUT2D eigenvalue weighted by molar-refractivity contribution is 8.22. The second kappa shape index (κ2) is 4.39. The molecule has 1 unspecified atom stereocenters. The molecule has 5 heteroatoms. The van der Waals surface area contributed by atoms with Gasteiger partial charge in [0, 0.05) is 13.0 Å². The Kier molecular flexibility index (Phi) is 3.74. The summed E-state index contributed by atoms with van der Waals surface area (Å²) < 4.78 is 23.8. The molecular weight excluding hydrogens is 199 g/mol. The molecule has 0 bridgehead atoms. The number of hydrogen-bond donors (Lipinski definition) is 0. The molecule has 0 aromatic rings. The van der Waals surface area contributed by atoms with Crippen molar-refractivity contribution in [3.8, 4) is 0 Å². The summed E-state index contributed by atoms with van der Waals surface area (Å²) in [6.45, 7) is 0.628. The van der Waals surface area contributed by atoms with Crippen LogP contribution in [-0.2, 0) is 9.47 Å². The lowest BCUT2D eigenvalue weighted by molar-refractivity contribution is 0.0628. The maximum absolute atomic E-state index is 13.5. The van der Waals surface area contributed by atoms with Crippen LogP contribution < -0.4 is 0 Å². The van der Waals surface area contributed by atoms with Crippen LogP contribution in [0.1, 0.15) is 6.42 Å². The highest BCUT2D eigenvalue weighted by Crippen LogP contribution is 2.24. The summed E-state index contributed by atoms with van der Waals surface area (Å²) in [5.74, 6) is 0. The first kappa shape index (κ1) is 10.2. The molecule has 12 heavy (non-hydrogen) atoms. The van der Waals surface area contributed by atoms with Gasteiger partial charge in [-0.2, -0.15) is 0 Å². The van der Waals surface area contributed by atoms with E-state index in [1.54, 1.807) is 6.26 Å². The van der Waals surface area contributed by atoms with Crippen LogP contribution in [0.5, 0.6) is 0 Å². The Labute approximate surface area is 80.8 Å². The standard InChI is InChI=1S/C7H11FO2S2/c1-12-6(11)10-5-7(8)2-3-9-4-7/h2-5H2,1H3. The molecule has 1 aliphatic heterocycles. The Morgan fingerprint density at radius 1 is 1.83 bits per heavy atom. The van der Waals surface area contributed by atoms with Crippen molar-refractivity contribution in [3.63, 3.8) is 0 Å². The number of thioether (sulfide) groups is 1. The fraction of sp³-hybridized carbons (Fsp3) is 0.857. The number of halogens is 1. The van der Waals surface area contributed by atoms with Crippen LogP contribution in [0.3, 0.4) is 0 Å². The number of ether oxygens (including phenoxy) is 2. The largest absolute Gasteiger partial charge is 0.475 e. The predicted molar refractivity (Wildman–Crippen MR) is 51.3 cm³/mol. The fourth-order valence-electron chi connectivity index (χ4n) is 0.943. The first-order valence-electron chi connectivity index (χ1n) is 3.64. The molecule has 0 radical (unpaired) electrons. The quantitative estimate of drug-likeness (QED) is 0.646. The zero-order valence-corrected chi connectivity index (χ0v) is 8.47. The maximum Gasteiger partial charge on any atom is 0.219 e. The highest BCUT2D eigenvalue weighted by Gasteiger charge is 2.35. The molecule has 1 saturated heterocycles. The van der Waals surface area contributed by atoms with Gasteiger partial charge in [0.25, 0.3) is 0 Å². The van der Waals surface area contributed by atoms with Gasteiger partial charge < -0.3 is 9.47 Å². The Bertz CT molecular complexity index is 169. The molecule has 1 rings (SSSR count). The molecule has 1 fully saturated rings. The highest BCUT2D eigenvalue weighted by atomic mass is 32.2. The van der Waals surface area contributed by atoms with E-state index in [2.05, 4.69) is 0 Å². The van der Waals surface area contributed by atoms with Crippen LogP contribution in [-0.4, -0.2) is 36.1 Å². The van der Waals surface area contributed by atoms with E-state index in [-0.39, 0.29) is 13.2 Å². The molecule has 0 N–H and O–H groups in total. The van der Waals surface area contributed by atoms with Crippen LogP contribution in [0.2, 0.25) is 0 Å². The molecule has 70 valence electrons. The van der Waals surface area contributed by atoms with E-state index >= 15 is 0 Å². The molecular formula is C7H11FO2S2. The van der Waals surface area contributed by atoms with Gasteiger partial charge in [0.1, 0.15) is 6.61 Å². The summed E-state index contributed by atoms with van der Waals surface area (Å²) in [5, 5.41) is 0. The summed E-state index contributed by atoms with van der Waals surface area (Å²) >= 11 is 6.08. The first-order chi connectivity index (χ1) is 5.66. The zero-order valence-electron chi connectivity index (χ0n) is 6.84. The minimum Gasteiger partial charge on any atom is -0.475 e. The van der Waals surface area contributed by atoms with E-state index < -0.39 is 5.67 Å². The monoisotopic (exact) mass is 210 g/mol. The molecule has 0 amide bonds. The van der Waals surface area contributed by atoms with Crippen LogP contribution in [0.15, 0.2) is 0 Å². The van der Waals surface area contributed by atoms with Gasteiger partial charge in [-0.1, -0.05) is 11.8 Å².